The lowest BCUT2D eigenvalue weighted by Crippen LogP contribution is -2.40. The Morgan fingerprint density at radius 2 is 1.71 bits per heavy atom. The van der Waals surface area contributed by atoms with Crippen LogP contribution in [0.3, 0.4) is 0 Å². The summed E-state index contributed by atoms with van der Waals surface area (Å²) in [6.45, 7) is 11.1. The Kier molecular flexibility index (Phi) is 8.20. The summed E-state index contributed by atoms with van der Waals surface area (Å²) in [6.07, 6.45) is 2.23. The Labute approximate surface area is 230 Å². The van der Waals surface area contributed by atoms with Crippen molar-refractivity contribution in [2.45, 2.75) is 49.9 Å². The average molecular weight is 528 g/mol. The second-order valence-electron chi connectivity index (χ2n) is 11.0. The topological polar surface area (TPSA) is 52.7 Å². The standard InChI is InChI=1S/C32H37N3O2S/c1-22-9-11-25(12-10-22)21-35-28-18-26(13-14-30(28)38-29-8-5-4-7-27(29)32(35)37)31(36)33-15-6-16-34-19-23(2)17-24(3)20-34/h4-5,7-14,18,23-24H,6,15-17,19-21H2,1-3H3,(H,33,36)/t23-,24+. The molecule has 2 amide bonds. The van der Waals surface area contributed by atoms with Crippen LogP contribution >= 0.6 is 11.8 Å². The quantitative estimate of drug-likeness (QED) is 0.361. The number of nitrogens with one attached hydrogen (secondary N) is 1. The van der Waals surface area contributed by atoms with Crippen LogP contribution < -0.4 is 10.2 Å². The highest BCUT2D eigenvalue weighted by molar-refractivity contribution is 7.99. The largest absolute Gasteiger partial charge is 0.352 e. The van der Waals surface area contributed by atoms with E-state index in [0.29, 0.717) is 24.2 Å². The molecule has 0 saturated carbocycles. The molecule has 0 bridgehead atoms. The first-order valence-electron chi connectivity index (χ1n) is 13.7. The van der Waals surface area contributed by atoms with Gasteiger partial charge in [-0.05, 0) is 74.0 Å². The third-order valence-corrected chi connectivity index (χ3v) is 8.58. The predicted molar refractivity (Wildman–Crippen MR) is 155 cm³/mol. The van der Waals surface area contributed by atoms with E-state index in [9.17, 15) is 9.59 Å². The van der Waals surface area contributed by atoms with Gasteiger partial charge in [-0.3, -0.25) is 9.59 Å². The van der Waals surface area contributed by atoms with Crippen LogP contribution in [0.25, 0.3) is 0 Å². The maximum atomic E-state index is 13.8. The first kappa shape index (κ1) is 26.5. The zero-order valence-electron chi connectivity index (χ0n) is 22.6. The van der Waals surface area contributed by atoms with Crippen LogP contribution in [-0.4, -0.2) is 42.9 Å². The van der Waals surface area contributed by atoms with Gasteiger partial charge in [-0.25, -0.2) is 0 Å². The first-order valence-corrected chi connectivity index (χ1v) is 14.5. The first-order chi connectivity index (χ1) is 18.4. The summed E-state index contributed by atoms with van der Waals surface area (Å²) < 4.78 is 0. The number of likely N-dealkylation sites (tertiary alicyclic amines) is 1. The lowest BCUT2D eigenvalue weighted by molar-refractivity contribution is 0.0944. The molecule has 2 aliphatic rings. The van der Waals surface area contributed by atoms with Crippen molar-refractivity contribution in [3.05, 3.63) is 89.0 Å². The van der Waals surface area contributed by atoms with E-state index in [1.165, 1.54) is 12.0 Å². The van der Waals surface area contributed by atoms with Gasteiger partial charge < -0.3 is 15.1 Å². The van der Waals surface area contributed by atoms with Crippen LogP contribution in [0.4, 0.5) is 5.69 Å². The second-order valence-corrected chi connectivity index (χ2v) is 12.1. The molecule has 2 aliphatic heterocycles. The molecule has 3 aromatic rings. The molecular weight excluding hydrogens is 490 g/mol. The number of fused-ring (bicyclic) bond motifs is 2. The molecule has 3 aromatic carbocycles. The van der Waals surface area contributed by atoms with Crippen molar-refractivity contribution in [2.24, 2.45) is 11.8 Å². The van der Waals surface area contributed by atoms with Gasteiger partial charge in [-0.15, -0.1) is 0 Å². The van der Waals surface area contributed by atoms with Gasteiger partial charge in [0, 0.05) is 35.0 Å². The van der Waals surface area contributed by atoms with Gasteiger partial charge >= 0.3 is 0 Å². The smallest absolute Gasteiger partial charge is 0.259 e. The molecule has 1 fully saturated rings. The van der Waals surface area contributed by atoms with Crippen LogP contribution in [0.2, 0.25) is 0 Å². The molecule has 0 aromatic heterocycles. The number of carbonyl (C=O) groups excluding carboxylic acids is 2. The fourth-order valence-electron chi connectivity index (χ4n) is 5.68. The molecule has 5 rings (SSSR count). The number of anilines is 1. The molecule has 0 unspecified atom stereocenters. The molecule has 6 heteroatoms. The Hall–Kier alpha value is -3.09. The average Bonchev–Trinajstić information content (AvgIpc) is 3.01. The lowest BCUT2D eigenvalue weighted by atomic mass is 9.92. The lowest BCUT2D eigenvalue weighted by Gasteiger charge is -2.34. The van der Waals surface area contributed by atoms with E-state index in [2.05, 4.69) is 55.3 Å². The third kappa shape index (κ3) is 6.13. The van der Waals surface area contributed by atoms with E-state index in [-0.39, 0.29) is 11.8 Å². The summed E-state index contributed by atoms with van der Waals surface area (Å²) in [5.74, 6) is 1.34. The van der Waals surface area contributed by atoms with Gasteiger partial charge in [0.25, 0.3) is 11.8 Å². The van der Waals surface area contributed by atoms with Crippen LogP contribution in [-0.2, 0) is 6.54 Å². The molecule has 0 aliphatic carbocycles. The minimum absolute atomic E-state index is 0.0463. The van der Waals surface area contributed by atoms with Crippen molar-refractivity contribution in [1.29, 1.82) is 0 Å². The minimum Gasteiger partial charge on any atom is -0.352 e. The van der Waals surface area contributed by atoms with E-state index >= 15 is 0 Å². The van der Waals surface area contributed by atoms with Crippen LogP contribution in [0.1, 0.15) is 58.5 Å². The van der Waals surface area contributed by atoms with Crippen molar-refractivity contribution in [3.8, 4) is 0 Å². The molecule has 2 atom stereocenters. The summed E-state index contributed by atoms with van der Waals surface area (Å²) in [5.41, 5.74) is 4.28. The summed E-state index contributed by atoms with van der Waals surface area (Å²) in [7, 11) is 0. The third-order valence-electron chi connectivity index (χ3n) is 7.44. The minimum atomic E-state index is -0.0947. The number of benzene rings is 3. The Balaban J connectivity index is 1.32. The molecule has 5 nitrogen and oxygen atoms in total. The predicted octanol–water partition coefficient (Wildman–Crippen LogP) is 6.40. The molecule has 198 valence electrons. The molecule has 38 heavy (non-hydrogen) atoms. The van der Waals surface area contributed by atoms with E-state index < -0.39 is 0 Å². The Morgan fingerprint density at radius 3 is 2.47 bits per heavy atom. The van der Waals surface area contributed by atoms with E-state index in [1.807, 2.05) is 47.4 Å². The number of hydrogen-bond acceptors (Lipinski definition) is 4. The van der Waals surface area contributed by atoms with E-state index in [1.54, 1.807) is 11.8 Å². The number of hydrogen-bond donors (Lipinski definition) is 1. The van der Waals surface area contributed by atoms with Crippen molar-refractivity contribution in [1.82, 2.24) is 10.2 Å². The SMILES string of the molecule is Cc1ccc(CN2C(=O)c3ccccc3Sc3ccc(C(=O)NCCCN4C[C@H](C)C[C@H](C)C4)cc32)cc1. The zero-order chi connectivity index (χ0) is 26.6. The number of nitrogens with zero attached hydrogens (tertiary/aromatic N) is 2. The summed E-state index contributed by atoms with van der Waals surface area (Å²) in [6, 6.07) is 21.7. The fraction of sp³-hybridized carbons (Fsp3) is 0.375. The summed E-state index contributed by atoms with van der Waals surface area (Å²) in [4.78, 5) is 33.2. The summed E-state index contributed by atoms with van der Waals surface area (Å²) in [5, 5.41) is 3.11. The molecule has 1 saturated heterocycles. The number of aryl methyl sites for hydroxylation is 1. The molecule has 1 N–H and O–H groups in total. The number of rotatable bonds is 7. The van der Waals surface area contributed by atoms with E-state index in [0.717, 1.165) is 58.9 Å². The fourth-order valence-corrected chi connectivity index (χ4v) is 6.73. The summed E-state index contributed by atoms with van der Waals surface area (Å²) >= 11 is 1.58. The molecular formula is C32H37N3O2S. The second kappa shape index (κ2) is 11.7. The molecule has 2 heterocycles. The van der Waals surface area contributed by atoms with Crippen LogP contribution in [0.15, 0.2) is 76.5 Å². The van der Waals surface area contributed by atoms with Crippen molar-refractivity contribution >= 4 is 29.3 Å². The molecule has 0 spiro atoms. The van der Waals surface area contributed by atoms with Crippen molar-refractivity contribution in [3.63, 3.8) is 0 Å². The van der Waals surface area contributed by atoms with Gasteiger partial charge in [0.1, 0.15) is 0 Å². The monoisotopic (exact) mass is 527 g/mol. The van der Waals surface area contributed by atoms with Crippen molar-refractivity contribution < 1.29 is 9.59 Å². The van der Waals surface area contributed by atoms with Gasteiger partial charge in [0.2, 0.25) is 0 Å². The van der Waals surface area contributed by atoms with Gasteiger partial charge in [0.05, 0.1) is 17.8 Å². The number of carbonyl (C=O) groups is 2. The number of amides is 2. The highest BCUT2D eigenvalue weighted by Crippen LogP contribution is 2.42. The maximum Gasteiger partial charge on any atom is 0.259 e. The number of piperidine rings is 1. The van der Waals surface area contributed by atoms with E-state index in [4.69, 9.17) is 0 Å². The normalized spacial score (nSPS) is 19.4. The molecule has 0 radical (unpaired) electrons. The maximum absolute atomic E-state index is 13.8. The highest BCUT2D eigenvalue weighted by atomic mass is 32.2. The van der Waals surface area contributed by atoms with Gasteiger partial charge in [-0.2, -0.15) is 0 Å². The van der Waals surface area contributed by atoms with Crippen molar-refractivity contribution in [2.75, 3.05) is 31.1 Å². The highest BCUT2D eigenvalue weighted by Gasteiger charge is 2.28. The van der Waals surface area contributed by atoms with Gasteiger partial charge in [-0.1, -0.05) is 67.6 Å². The Morgan fingerprint density at radius 1 is 0.974 bits per heavy atom. The van der Waals surface area contributed by atoms with Crippen LogP contribution in [0, 0.1) is 18.8 Å². The van der Waals surface area contributed by atoms with Crippen LogP contribution in [0.5, 0.6) is 0 Å². The Bertz CT molecular complexity index is 1300. The zero-order valence-corrected chi connectivity index (χ0v) is 23.4. The van der Waals surface area contributed by atoms with Gasteiger partial charge in [0.15, 0.2) is 0 Å².